The van der Waals surface area contributed by atoms with Crippen molar-refractivity contribution in [2.75, 3.05) is 6.67 Å². The van der Waals surface area contributed by atoms with Gasteiger partial charge in [-0.1, -0.05) is 110 Å². The predicted molar refractivity (Wildman–Crippen MR) is 134 cm³/mol. The van der Waals surface area contributed by atoms with E-state index < -0.39 is 0 Å². The Morgan fingerprint density at radius 2 is 1.10 bits per heavy atom. The van der Waals surface area contributed by atoms with Gasteiger partial charge >= 0.3 is 0 Å². The Kier molecular flexibility index (Phi) is 11.7. The van der Waals surface area contributed by atoms with Crippen LogP contribution in [0.2, 0.25) is 0 Å². The maximum atomic E-state index is 12.4. The van der Waals surface area contributed by atoms with Gasteiger partial charge in [-0.15, -0.1) is 0 Å². The second-order valence-corrected chi connectivity index (χ2v) is 12.2. The van der Waals surface area contributed by atoms with Gasteiger partial charge in [0.1, 0.15) is 0 Å². The van der Waals surface area contributed by atoms with Crippen LogP contribution in [0, 0.1) is 29.1 Å². The molecule has 0 heterocycles. The van der Waals surface area contributed by atoms with E-state index in [1.807, 2.05) is 0 Å². The molecule has 1 heteroatoms. The highest BCUT2D eigenvalue weighted by Gasteiger charge is 2.32. The van der Waals surface area contributed by atoms with E-state index in [2.05, 4.69) is 6.92 Å². The third-order valence-electron chi connectivity index (χ3n) is 9.97. The van der Waals surface area contributed by atoms with Crippen molar-refractivity contribution >= 4 is 0 Å². The lowest BCUT2D eigenvalue weighted by Crippen LogP contribution is -2.26. The van der Waals surface area contributed by atoms with Crippen molar-refractivity contribution in [3.05, 3.63) is 0 Å². The average Bonchev–Trinajstić information content (AvgIpc) is 2.82. The van der Waals surface area contributed by atoms with Crippen LogP contribution in [0.25, 0.3) is 0 Å². The number of hydrogen-bond donors (Lipinski definition) is 0. The maximum absolute atomic E-state index is 12.4. The third kappa shape index (κ3) is 9.00. The van der Waals surface area contributed by atoms with E-state index >= 15 is 0 Å². The molecule has 31 heavy (non-hydrogen) atoms. The molecular weight excluding hydrogens is 379 g/mol. The Hall–Kier alpha value is -0.0700. The van der Waals surface area contributed by atoms with Gasteiger partial charge in [-0.2, -0.15) is 0 Å². The Morgan fingerprint density at radius 3 is 1.61 bits per heavy atom. The van der Waals surface area contributed by atoms with Crippen molar-refractivity contribution in [2.24, 2.45) is 29.1 Å². The number of alkyl halides is 1. The lowest BCUT2D eigenvalue weighted by Gasteiger charge is -2.39. The zero-order valence-corrected chi connectivity index (χ0v) is 21.2. The van der Waals surface area contributed by atoms with Gasteiger partial charge in [0.25, 0.3) is 0 Å². The Bertz CT molecular complexity index is 435. The maximum Gasteiger partial charge on any atom is 0.0894 e. The van der Waals surface area contributed by atoms with Crippen LogP contribution < -0.4 is 0 Å². The Balaban J connectivity index is 1.29. The van der Waals surface area contributed by atoms with E-state index in [0.29, 0.717) is 0 Å². The van der Waals surface area contributed by atoms with Gasteiger partial charge in [0, 0.05) is 0 Å². The number of rotatable bonds is 13. The van der Waals surface area contributed by atoms with E-state index in [4.69, 9.17) is 0 Å². The Labute approximate surface area is 194 Å². The van der Waals surface area contributed by atoms with Crippen molar-refractivity contribution in [3.8, 4) is 0 Å². The fourth-order valence-corrected chi connectivity index (χ4v) is 7.64. The fraction of sp³-hybridized carbons (Fsp3) is 1.00. The topological polar surface area (TPSA) is 0 Å². The molecule has 3 aliphatic carbocycles. The number of unbranched alkanes of at least 4 members (excludes halogenated alkanes) is 2. The van der Waals surface area contributed by atoms with Gasteiger partial charge in [0.05, 0.1) is 6.67 Å². The number of hydrogen-bond acceptors (Lipinski definition) is 0. The molecule has 0 bridgehead atoms. The summed E-state index contributed by atoms with van der Waals surface area (Å²) in [5.74, 6) is 3.92. The molecule has 0 N–H and O–H groups in total. The molecule has 0 spiro atoms. The summed E-state index contributed by atoms with van der Waals surface area (Å²) in [5.41, 5.74) is 0.743. The van der Waals surface area contributed by atoms with Gasteiger partial charge in [-0.25, -0.2) is 0 Å². The van der Waals surface area contributed by atoms with Crippen molar-refractivity contribution in [1.82, 2.24) is 0 Å². The van der Waals surface area contributed by atoms with Gasteiger partial charge in [-0.3, -0.25) is 4.39 Å². The van der Waals surface area contributed by atoms with Crippen LogP contribution in [0.1, 0.15) is 155 Å². The highest BCUT2D eigenvalue weighted by molar-refractivity contribution is 4.85. The molecule has 0 saturated heterocycles. The number of halogens is 1. The van der Waals surface area contributed by atoms with Crippen LogP contribution in [-0.4, -0.2) is 6.67 Å². The first kappa shape index (κ1) is 25.6. The summed E-state index contributed by atoms with van der Waals surface area (Å²) in [4.78, 5) is 0. The van der Waals surface area contributed by atoms with Crippen LogP contribution in [0.3, 0.4) is 0 Å². The summed E-state index contributed by atoms with van der Waals surface area (Å²) in [6.07, 6.45) is 33.3. The van der Waals surface area contributed by atoms with Crippen molar-refractivity contribution < 1.29 is 4.39 Å². The first-order valence-corrected chi connectivity index (χ1v) is 14.8. The van der Waals surface area contributed by atoms with Gasteiger partial charge < -0.3 is 0 Å². The third-order valence-corrected chi connectivity index (χ3v) is 9.97. The highest BCUT2D eigenvalue weighted by Crippen LogP contribution is 2.46. The summed E-state index contributed by atoms with van der Waals surface area (Å²) < 4.78 is 12.4. The van der Waals surface area contributed by atoms with E-state index in [0.717, 1.165) is 41.9 Å². The van der Waals surface area contributed by atoms with Gasteiger partial charge in [-0.05, 0) is 74.0 Å². The lowest BCUT2D eigenvalue weighted by molar-refractivity contribution is 0.127. The molecule has 182 valence electrons. The first-order chi connectivity index (χ1) is 15.2. The smallest absolute Gasteiger partial charge is 0.0894 e. The van der Waals surface area contributed by atoms with Crippen LogP contribution in [0.5, 0.6) is 0 Å². The monoisotopic (exact) mass is 434 g/mol. The predicted octanol–water partition coefficient (Wildman–Crippen LogP) is 10.4. The molecule has 3 fully saturated rings. The Morgan fingerprint density at radius 1 is 0.581 bits per heavy atom. The molecule has 0 atom stereocenters. The van der Waals surface area contributed by atoms with E-state index in [1.165, 1.54) is 109 Å². The molecule has 0 unspecified atom stereocenters. The standard InChI is InChI=1S/C30H55F/c1-2-3-5-21-30(22-6-4-7-23-30)24-20-29-18-16-28(17-19-29)15-14-27-12-10-26(11-13-27)9-8-25-31/h26-29H,2-25H2,1H3. The van der Waals surface area contributed by atoms with Crippen LogP contribution in [0.4, 0.5) is 4.39 Å². The van der Waals surface area contributed by atoms with E-state index in [9.17, 15) is 4.39 Å². The zero-order valence-electron chi connectivity index (χ0n) is 21.2. The summed E-state index contributed by atoms with van der Waals surface area (Å²) in [6, 6.07) is 0. The second kappa shape index (κ2) is 14.2. The molecule has 0 aromatic heterocycles. The largest absolute Gasteiger partial charge is 0.251 e. The summed E-state index contributed by atoms with van der Waals surface area (Å²) in [5, 5.41) is 0. The zero-order chi connectivity index (χ0) is 21.8. The molecule has 0 aromatic carbocycles. The molecule has 0 aromatic rings. The summed E-state index contributed by atoms with van der Waals surface area (Å²) in [7, 11) is 0. The van der Waals surface area contributed by atoms with Crippen LogP contribution >= 0.6 is 0 Å². The highest BCUT2D eigenvalue weighted by atomic mass is 19.1. The molecule has 3 rings (SSSR count). The first-order valence-electron chi connectivity index (χ1n) is 14.8. The normalized spacial score (nSPS) is 31.5. The molecule has 0 amide bonds. The quantitative estimate of drug-likeness (QED) is 0.253. The SMILES string of the molecule is CCCCCC1(CCC2CCC(CCC3CCC(CCCF)CC3)CC2)CCCCC1. The summed E-state index contributed by atoms with van der Waals surface area (Å²) >= 11 is 0. The lowest BCUT2D eigenvalue weighted by atomic mass is 9.66. The molecule has 3 saturated carbocycles. The van der Waals surface area contributed by atoms with Crippen molar-refractivity contribution in [2.45, 2.75) is 155 Å². The minimum absolute atomic E-state index is 0.109. The molecule has 0 aliphatic heterocycles. The molecular formula is C30H55F. The molecule has 3 aliphatic rings. The molecule has 0 nitrogen and oxygen atoms in total. The van der Waals surface area contributed by atoms with Crippen molar-refractivity contribution in [3.63, 3.8) is 0 Å². The van der Waals surface area contributed by atoms with Gasteiger partial charge in [0.15, 0.2) is 0 Å². The average molecular weight is 435 g/mol. The second-order valence-electron chi connectivity index (χ2n) is 12.2. The summed E-state index contributed by atoms with van der Waals surface area (Å²) in [6.45, 7) is 2.24. The fourth-order valence-electron chi connectivity index (χ4n) is 7.64. The minimum Gasteiger partial charge on any atom is -0.251 e. The van der Waals surface area contributed by atoms with E-state index in [1.54, 1.807) is 25.7 Å². The van der Waals surface area contributed by atoms with Crippen LogP contribution in [0.15, 0.2) is 0 Å². The minimum atomic E-state index is -0.109. The van der Waals surface area contributed by atoms with Gasteiger partial charge in [0.2, 0.25) is 0 Å². The molecule has 0 radical (unpaired) electrons. The van der Waals surface area contributed by atoms with E-state index in [-0.39, 0.29) is 6.67 Å². The van der Waals surface area contributed by atoms with Crippen LogP contribution in [-0.2, 0) is 0 Å². The van der Waals surface area contributed by atoms with Crippen molar-refractivity contribution in [1.29, 1.82) is 0 Å².